The molecule has 0 radical (unpaired) electrons. The highest BCUT2D eigenvalue weighted by Gasteiger charge is 2.23. The summed E-state index contributed by atoms with van der Waals surface area (Å²) in [6, 6.07) is 4.06. The molecule has 0 N–H and O–H groups in total. The quantitative estimate of drug-likeness (QED) is 0.789. The molecule has 1 aromatic rings. The molecule has 1 aliphatic carbocycles. The van der Waals surface area contributed by atoms with Crippen LogP contribution in [-0.2, 0) is 10.8 Å². The van der Waals surface area contributed by atoms with Crippen LogP contribution in [0.1, 0.15) is 59.2 Å². The van der Waals surface area contributed by atoms with Crippen LogP contribution >= 0.6 is 0 Å². The molecule has 110 valence electrons. The smallest absolute Gasteiger partial charge is 0.175 e. The highest BCUT2D eigenvalue weighted by Crippen LogP contribution is 2.23. The molecule has 0 saturated heterocycles. The predicted octanol–water partition coefficient (Wildman–Crippen LogP) is 3.88. The van der Waals surface area contributed by atoms with Crippen LogP contribution in [0, 0.1) is 20.8 Å². The summed E-state index contributed by atoms with van der Waals surface area (Å²) in [4.78, 5) is 12.5. The lowest BCUT2D eigenvalue weighted by Gasteiger charge is -2.21. The van der Waals surface area contributed by atoms with Gasteiger partial charge in [-0.3, -0.25) is 9.00 Å². The molecular formula is C17H24O2S. The lowest BCUT2D eigenvalue weighted by molar-refractivity contribution is 0.102. The van der Waals surface area contributed by atoms with Gasteiger partial charge in [0.05, 0.1) is 5.75 Å². The van der Waals surface area contributed by atoms with Crippen molar-refractivity contribution in [2.24, 2.45) is 0 Å². The number of rotatable bonds is 4. The summed E-state index contributed by atoms with van der Waals surface area (Å²) in [5, 5.41) is 0.235. The largest absolute Gasteiger partial charge is 0.293 e. The second-order valence-electron chi connectivity index (χ2n) is 5.98. The molecule has 0 heterocycles. The molecule has 2 nitrogen and oxygen atoms in total. The molecule has 0 spiro atoms. The van der Waals surface area contributed by atoms with Crippen molar-refractivity contribution >= 4 is 16.6 Å². The van der Waals surface area contributed by atoms with Crippen LogP contribution in [0.4, 0.5) is 0 Å². The first-order valence-corrected chi connectivity index (χ1v) is 8.85. The van der Waals surface area contributed by atoms with Crippen LogP contribution in [0.2, 0.25) is 0 Å². The Morgan fingerprint density at radius 1 is 1.10 bits per heavy atom. The molecule has 1 fully saturated rings. The van der Waals surface area contributed by atoms with E-state index in [1.807, 2.05) is 32.9 Å². The summed E-state index contributed by atoms with van der Waals surface area (Å²) in [5.74, 6) is 0.235. The van der Waals surface area contributed by atoms with Crippen molar-refractivity contribution in [1.82, 2.24) is 0 Å². The summed E-state index contributed by atoms with van der Waals surface area (Å²) in [6.07, 6.45) is 5.61. The van der Waals surface area contributed by atoms with Crippen molar-refractivity contribution in [2.75, 3.05) is 5.75 Å². The van der Waals surface area contributed by atoms with Crippen molar-refractivity contribution in [3.63, 3.8) is 0 Å². The van der Waals surface area contributed by atoms with Crippen LogP contribution in [-0.4, -0.2) is 21.0 Å². The molecular weight excluding hydrogens is 268 g/mol. The van der Waals surface area contributed by atoms with E-state index in [0.717, 1.165) is 42.4 Å². The number of hydrogen-bond acceptors (Lipinski definition) is 2. The van der Waals surface area contributed by atoms with E-state index in [2.05, 4.69) is 0 Å². The number of carbonyl (C=O) groups excluding carboxylic acids is 1. The second kappa shape index (κ2) is 6.66. The normalized spacial score (nSPS) is 17.9. The molecule has 0 bridgehead atoms. The fourth-order valence-electron chi connectivity index (χ4n) is 3.27. The fraction of sp³-hybridized carbons (Fsp3) is 0.588. The Hall–Kier alpha value is -0.960. The van der Waals surface area contributed by atoms with E-state index in [0.29, 0.717) is 0 Å². The van der Waals surface area contributed by atoms with E-state index in [-0.39, 0.29) is 16.8 Å². The first kappa shape index (κ1) is 15.4. The van der Waals surface area contributed by atoms with Gasteiger partial charge in [-0.1, -0.05) is 37.0 Å². The highest BCUT2D eigenvalue weighted by molar-refractivity contribution is 7.86. The molecule has 1 atom stereocenters. The number of ketones is 1. The topological polar surface area (TPSA) is 34.1 Å². The first-order valence-electron chi connectivity index (χ1n) is 7.47. The van der Waals surface area contributed by atoms with Crippen LogP contribution in [0.25, 0.3) is 0 Å². The van der Waals surface area contributed by atoms with Crippen molar-refractivity contribution in [1.29, 1.82) is 0 Å². The average molecular weight is 292 g/mol. The van der Waals surface area contributed by atoms with Gasteiger partial charge in [-0.2, -0.15) is 0 Å². The molecule has 0 aliphatic heterocycles. The number of benzene rings is 1. The maximum atomic E-state index is 12.5. The van der Waals surface area contributed by atoms with Gasteiger partial charge in [0.2, 0.25) is 0 Å². The minimum atomic E-state index is -1.01. The van der Waals surface area contributed by atoms with E-state index in [9.17, 15) is 9.00 Å². The second-order valence-corrected chi connectivity index (χ2v) is 7.70. The van der Waals surface area contributed by atoms with Gasteiger partial charge in [-0.25, -0.2) is 0 Å². The summed E-state index contributed by atoms with van der Waals surface area (Å²) < 4.78 is 12.4. The van der Waals surface area contributed by atoms with Crippen molar-refractivity contribution in [3.05, 3.63) is 34.4 Å². The lowest BCUT2D eigenvalue weighted by atomic mass is 9.97. The van der Waals surface area contributed by atoms with Gasteiger partial charge in [-0.05, 0) is 44.7 Å². The molecule has 20 heavy (non-hydrogen) atoms. The SMILES string of the molecule is Cc1cc(C)c(C(=O)CS(=O)C2CCCCC2)c(C)c1. The molecule has 2 rings (SSSR count). The van der Waals surface area contributed by atoms with E-state index < -0.39 is 10.8 Å². The minimum absolute atomic E-state index is 0.0453. The van der Waals surface area contributed by atoms with Gasteiger partial charge in [-0.15, -0.1) is 0 Å². The maximum Gasteiger partial charge on any atom is 0.175 e. The molecule has 1 unspecified atom stereocenters. The summed E-state index contributed by atoms with van der Waals surface area (Å²) in [6.45, 7) is 5.97. The predicted molar refractivity (Wildman–Crippen MR) is 84.9 cm³/mol. The molecule has 0 amide bonds. The van der Waals surface area contributed by atoms with Crippen LogP contribution < -0.4 is 0 Å². The van der Waals surface area contributed by atoms with Gasteiger partial charge >= 0.3 is 0 Å². The van der Waals surface area contributed by atoms with Gasteiger partial charge in [0.15, 0.2) is 5.78 Å². The zero-order valence-corrected chi connectivity index (χ0v) is 13.5. The molecule has 0 aromatic heterocycles. The van der Waals surface area contributed by atoms with Crippen molar-refractivity contribution in [3.8, 4) is 0 Å². The Bertz CT molecular complexity index is 505. The fourth-order valence-corrected chi connectivity index (χ4v) is 4.76. The van der Waals surface area contributed by atoms with Crippen molar-refractivity contribution in [2.45, 2.75) is 58.1 Å². The third-order valence-electron chi connectivity index (χ3n) is 4.15. The Morgan fingerprint density at radius 2 is 1.65 bits per heavy atom. The van der Waals surface area contributed by atoms with Gasteiger partial charge in [0, 0.05) is 21.6 Å². The van der Waals surface area contributed by atoms with E-state index in [1.165, 1.54) is 12.0 Å². The van der Waals surface area contributed by atoms with Crippen LogP contribution in [0.5, 0.6) is 0 Å². The summed E-state index contributed by atoms with van der Waals surface area (Å²) in [5.41, 5.74) is 3.96. The third kappa shape index (κ3) is 3.57. The molecule has 1 aliphatic rings. The first-order chi connectivity index (χ1) is 9.49. The minimum Gasteiger partial charge on any atom is -0.293 e. The zero-order valence-electron chi connectivity index (χ0n) is 12.7. The number of Topliss-reactive ketones (excluding diaryl/α,β-unsaturated/α-hetero) is 1. The van der Waals surface area contributed by atoms with E-state index in [4.69, 9.17) is 0 Å². The molecule has 1 saturated carbocycles. The third-order valence-corrected chi connectivity index (χ3v) is 5.91. The zero-order chi connectivity index (χ0) is 14.7. The van der Waals surface area contributed by atoms with Gasteiger partial charge in [0.1, 0.15) is 0 Å². The van der Waals surface area contributed by atoms with Crippen LogP contribution in [0.15, 0.2) is 12.1 Å². The van der Waals surface area contributed by atoms with E-state index in [1.54, 1.807) is 0 Å². The Labute approximate surface area is 124 Å². The summed E-state index contributed by atoms with van der Waals surface area (Å²) >= 11 is 0. The Balaban J connectivity index is 2.10. The summed E-state index contributed by atoms with van der Waals surface area (Å²) in [7, 11) is -1.01. The average Bonchev–Trinajstić information content (AvgIpc) is 2.38. The standard InChI is InChI=1S/C17H24O2S/c1-12-9-13(2)17(14(3)10-12)16(18)11-20(19)15-7-5-4-6-8-15/h9-10,15H,4-8,11H2,1-3H3. The van der Waals surface area contributed by atoms with Gasteiger partial charge < -0.3 is 0 Å². The highest BCUT2D eigenvalue weighted by atomic mass is 32.2. The van der Waals surface area contributed by atoms with Gasteiger partial charge in [0.25, 0.3) is 0 Å². The van der Waals surface area contributed by atoms with Crippen LogP contribution in [0.3, 0.4) is 0 Å². The van der Waals surface area contributed by atoms with E-state index >= 15 is 0 Å². The number of carbonyl (C=O) groups is 1. The molecule has 1 aromatic carbocycles. The number of aryl methyl sites for hydroxylation is 3. The molecule has 3 heteroatoms. The Morgan fingerprint density at radius 3 is 2.20 bits per heavy atom. The monoisotopic (exact) mass is 292 g/mol. The Kier molecular flexibility index (Phi) is 5.14. The lowest BCUT2D eigenvalue weighted by Crippen LogP contribution is -2.25. The maximum absolute atomic E-state index is 12.5. The van der Waals surface area contributed by atoms with Crippen molar-refractivity contribution < 1.29 is 9.00 Å². The number of hydrogen-bond donors (Lipinski definition) is 0.